The predicted octanol–water partition coefficient (Wildman–Crippen LogP) is 3.87. The van der Waals surface area contributed by atoms with Crippen LogP contribution in [0.4, 0.5) is 0 Å². The van der Waals surface area contributed by atoms with E-state index in [1.165, 1.54) is 0 Å². The number of aryl methyl sites for hydroxylation is 1. The van der Waals surface area contributed by atoms with Crippen molar-refractivity contribution in [3.05, 3.63) is 82.5 Å². The predicted molar refractivity (Wildman–Crippen MR) is 95.2 cm³/mol. The number of rotatable bonds is 6. The Hall–Kier alpha value is -2.66. The van der Waals surface area contributed by atoms with Crippen LogP contribution < -0.4 is 5.32 Å². The van der Waals surface area contributed by atoms with Crippen LogP contribution in [0.1, 0.15) is 35.2 Å². The number of carbonyl (C=O) groups is 1. The lowest BCUT2D eigenvalue weighted by Crippen LogP contribution is -2.25. The van der Waals surface area contributed by atoms with Crippen LogP contribution >= 0.6 is 11.6 Å². The van der Waals surface area contributed by atoms with Gasteiger partial charge in [-0.05, 0) is 23.3 Å². The van der Waals surface area contributed by atoms with Gasteiger partial charge < -0.3 is 9.73 Å². The Balaban J connectivity index is 1.73. The first kappa shape index (κ1) is 17.2. The van der Waals surface area contributed by atoms with E-state index < -0.39 is 0 Å². The zero-order valence-electron chi connectivity index (χ0n) is 13.8. The molecular formula is C19H18ClN3O2. The van der Waals surface area contributed by atoms with Crippen molar-refractivity contribution in [2.24, 2.45) is 0 Å². The number of hydrogen-bond donors (Lipinski definition) is 1. The molecule has 0 radical (unpaired) electrons. The molecule has 0 spiro atoms. The molecule has 3 aromatic rings. The Bertz CT molecular complexity index is 831. The van der Waals surface area contributed by atoms with E-state index >= 15 is 0 Å². The largest absolute Gasteiger partial charge is 0.424 e. The summed E-state index contributed by atoms with van der Waals surface area (Å²) in [4.78, 5) is 12.4. The number of hydrogen-bond acceptors (Lipinski definition) is 4. The molecule has 6 heteroatoms. The van der Waals surface area contributed by atoms with Crippen molar-refractivity contribution in [3.8, 4) is 0 Å². The van der Waals surface area contributed by atoms with Crippen LogP contribution in [-0.4, -0.2) is 16.1 Å². The molecule has 1 amide bonds. The first-order valence-electron chi connectivity index (χ1n) is 7.98. The second-order valence-electron chi connectivity index (χ2n) is 5.71. The van der Waals surface area contributed by atoms with Gasteiger partial charge in [0.2, 0.25) is 17.7 Å². The van der Waals surface area contributed by atoms with E-state index in [-0.39, 0.29) is 18.4 Å². The van der Waals surface area contributed by atoms with Crippen LogP contribution in [0, 0.1) is 6.92 Å². The minimum Gasteiger partial charge on any atom is -0.424 e. The molecule has 1 aromatic heterocycles. The Kier molecular flexibility index (Phi) is 5.46. The third-order valence-corrected chi connectivity index (χ3v) is 4.12. The summed E-state index contributed by atoms with van der Waals surface area (Å²) in [6.07, 6.45) is 0.318. The van der Waals surface area contributed by atoms with Gasteiger partial charge in [-0.1, -0.05) is 54.1 Å². The molecule has 128 valence electrons. The summed E-state index contributed by atoms with van der Waals surface area (Å²) in [7, 11) is 0. The highest BCUT2D eigenvalue weighted by Gasteiger charge is 2.18. The minimum absolute atomic E-state index is 0.0529. The summed E-state index contributed by atoms with van der Waals surface area (Å²) in [5, 5.41) is 11.1. The van der Waals surface area contributed by atoms with Crippen LogP contribution in [-0.2, 0) is 11.3 Å². The van der Waals surface area contributed by atoms with E-state index in [1.807, 2.05) is 54.6 Å². The highest BCUT2D eigenvalue weighted by Crippen LogP contribution is 2.28. The number of carbonyl (C=O) groups excluding carboxylic acids is 1. The van der Waals surface area contributed by atoms with E-state index in [2.05, 4.69) is 15.5 Å². The van der Waals surface area contributed by atoms with Gasteiger partial charge in [0, 0.05) is 24.3 Å². The van der Waals surface area contributed by atoms with Gasteiger partial charge in [0.05, 0.1) is 6.54 Å². The zero-order valence-corrected chi connectivity index (χ0v) is 14.5. The van der Waals surface area contributed by atoms with Gasteiger partial charge in [0.25, 0.3) is 0 Å². The molecule has 0 aliphatic heterocycles. The molecule has 3 rings (SSSR count). The maximum absolute atomic E-state index is 12.4. The smallest absolute Gasteiger partial charge is 0.235 e. The molecule has 1 N–H and O–H groups in total. The molecule has 0 bridgehead atoms. The third kappa shape index (κ3) is 4.67. The molecule has 0 aliphatic carbocycles. The van der Waals surface area contributed by atoms with Crippen LogP contribution in [0.25, 0.3) is 0 Å². The number of amides is 1. The molecule has 0 saturated carbocycles. The molecule has 1 atom stereocenters. The lowest BCUT2D eigenvalue weighted by Gasteiger charge is -2.17. The van der Waals surface area contributed by atoms with Crippen molar-refractivity contribution in [1.82, 2.24) is 15.5 Å². The van der Waals surface area contributed by atoms with Gasteiger partial charge in [-0.3, -0.25) is 4.79 Å². The molecule has 2 aromatic carbocycles. The molecule has 0 aliphatic rings. The van der Waals surface area contributed by atoms with Gasteiger partial charge in [-0.15, -0.1) is 10.2 Å². The van der Waals surface area contributed by atoms with E-state index in [0.29, 0.717) is 23.2 Å². The molecular weight excluding hydrogens is 338 g/mol. The maximum atomic E-state index is 12.4. The van der Waals surface area contributed by atoms with Crippen molar-refractivity contribution in [2.75, 3.05) is 0 Å². The SMILES string of the molecule is Cc1nnc(CNC(=O)CC(c2ccccc2)c2ccc(Cl)cc2)o1. The monoisotopic (exact) mass is 355 g/mol. The average Bonchev–Trinajstić information content (AvgIpc) is 3.05. The van der Waals surface area contributed by atoms with E-state index in [4.69, 9.17) is 16.0 Å². The van der Waals surface area contributed by atoms with E-state index in [1.54, 1.807) is 6.92 Å². The van der Waals surface area contributed by atoms with Gasteiger partial charge in [0.15, 0.2) is 0 Å². The Morgan fingerprint density at radius 1 is 1.08 bits per heavy atom. The summed E-state index contributed by atoms with van der Waals surface area (Å²) in [6, 6.07) is 17.5. The second kappa shape index (κ2) is 7.94. The van der Waals surface area contributed by atoms with Gasteiger partial charge in [0.1, 0.15) is 0 Å². The third-order valence-electron chi connectivity index (χ3n) is 3.87. The zero-order chi connectivity index (χ0) is 17.6. The Morgan fingerprint density at radius 2 is 1.76 bits per heavy atom. The summed E-state index contributed by atoms with van der Waals surface area (Å²) in [5.74, 6) is 0.740. The molecule has 25 heavy (non-hydrogen) atoms. The number of halogens is 1. The van der Waals surface area contributed by atoms with Crippen LogP contribution in [0.5, 0.6) is 0 Å². The molecule has 5 nitrogen and oxygen atoms in total. The van der Waals surface area contributed by atoms with Gasteiger partial charge in [-0.25, -0.2) is 0 Å². The quantitative estimate of drug-likeness (QED) is 0.728. The molecule has 0 saturated heterocycles. The number of nitrogens with one attached hydrogen (secondary N) is 1. The normalized spacial score (nSPS) is 11.9. The highest BCUT2D eigenvalue weighted by atomic mass is 35.5. The van der Waals surface area contributed by atoms with Crippen molar-refractivity contribution in [1.29, 1.82) is 0 Å². The Labute approximate surface area is 151 Å². The number of benzene rings is 2. The van der Waals surface area contributed by atoms with Crippen LogP contribution in [0.15, 0.2) is 59.0 Å². The lowest BCUT2D eigenvalue weighted by molar-refractivity contribution is -0.121. The fourth-order valence-corrected chi connectivity index (χ4v) is 2.78. The highest BCUT2D eigenvalue weighted by molar-refractivity contribution is 6.30. The fourth-order valence-electron chi connectivity index (χ4n) is 2.65. The molecule has 1 heterocycles. The molecule has 1 unspecified atom stereocenters. The number of nitrogens with zero attached hydrogens (tertiary/aromatic N) is 2. The molecule has 0 fully saturated rings. The summed E-state index contributed by atoms with van der Waals surface area (Å²) in [5.41, 5.74) is 2.12. The average molecular weight is 356 g/mol. The van der Waals surface area contributed by atoms with Crippen LogP contribution in [0.2, 0.25) is 5.02 Å². The summed E-state index contributed by atoms with van der Waals surface area (Å²) < 4.78 is 5.27. The van der Waals surface area contributed by atoms with Crippen LogP contribution in [0.3, 0.4) is 0 Å². The maximum Gasteiger partial charge on any atom is 0.235 e. The summed E-state index contributed by atoms with van der Waals surface area (Å²) >= 11 is 5.99. The minimum atomic E-state index is -0.0837. The number of aromatic nitrogens is 2. The van der Waals surface area contributed by atoms with E-state index in [9.17, 15) is 4.79 Å². The van der Waals surface area contributed by atoms with Crippen molar-refractivity contribution in [3.63, 3.8) is 0 Å². The van der Waals surface area contributed by atoms with Crippen molar-refractivity contribution < 1.29 is 9.21 Å². The first-order valence-corrected chi connectivity index (χ1v) is 8.35. The standard InChI is InChI=1S/C19H18ClN3O2/c1-13-22-23-19(25-13)12-21-18(24)11-17(14-5-3-2-4-6-14)15-7-9-16(20)10-8-15/h2-10,17H,11-12H2,1H3,(H,21,24). The first-order chi connectivity index (χ1) is 12.1. The fraction of sp³-hybridized carbons (Fsp3) is 0.211. The second-order valence-corrected chi connectivity index (χ2v) is 6.15. The van der Waals surface area contributed by atoms with Crippen molar-refractivity contribution >= 4 is 17.5 Å². The topological polar surface area (TPSA) is 68.0 Å². The Morgan fingerprint density at radius 3 is 2.40 bits per heavy atom. The van der Waals surface area contributed by atoms with E-state index in [0.717, 1.165) is 11.1 Å². The lowest BCUT2D eigenvalue weighted by atomic mass is 9.88. The van der Waals surface area contributed by atoms with Gasteiger partial charge in [-0.2, -0.15) is 0 Å². The van der Waals surface area contributed by atoms with Gasteiger partial charge >= 0.3 is 0 Å². The summed E-state index contributed by atoms with van der Waals surface area (Å²) in [6.45, 7) is 1.94. The van der Waals surface area contributed by atoms with Crippen molar-refractivity contribution in [2.45, 2.75) is 25.8 Å².